The molecule has 0 spiro atoms. The number of nitrogens with one attached hydrogen (secondary N) is 3. The predicted octanol–water partition coefficient (Wildman–Crippen LogP) is 2.43. The Hall–Kier alpha value is -3.99. The van der Waals surface area contributed by atoms with Crippen molar-refractivity contribution < 1.29 is 33.0 Å². The predicted molar refractivity (Wildman–Crippen MR) is 116 cm³/mol. The Morgan fingerprint density at radius 3 is 2.39 bits per heavy atom. The Balaban J connectivity index is 1.61. The van der Waals surface area contributed by atoms with Gasteiger partial charge in [0.05, 0.1) is 6.61 Å². The molecule has 1 heterocycles. The normalized spacial score (nSPS) is 17.5. The van der Waals surface area contributed by atoms with Crippen LogP contribution in [0.5, 0.6) is 0 Å². The first-order valence-electron chi connectivity index (χ1n) is 9.95. The highest BCUT2D eigenvalue weighted by atomic mass is 19.1. The lowest BCUT2D eigenvalue weighted by atomic mass is 9.92. The molecule has 2 aromatic rings. The summed E-state index contributed by atoms with van der Waals surface area (Å²) in [4.78, 5) is 50.3. The molecule has 33 heavy (non-hydrogen) atoms. The summed E-state index contributed by atoms with van der Waals surface area (Å²) in [6.07, 6.45) is -0.685. The SMILES string of the molecule is COCCOC(=O)Nc1cccc(NC(=O)CN2C(=O)NC(C)(c3ccc(F)cc3)C2=O)c1. The van der Waals surface area contributed by atoms with Crippen LogP contribution in [0.25, 0.3) is 0 Å². The maximum atomic E-state index is 13.2. The van der Waals surface area contributed by atoms with Crippen LogP contribution in [-0.2, 0) is 24.6 Å². The lowest BCUT2D eigenvalue weighted by molar-refractivity contribution is -0.133. The van der Waals surface area contributed by atoms with E-state index in [1.165, 1.54) is 44.4 Å². The number of imide groups is 1. The van der Waals surface area contributed by atoms with E-state index in [2.05, 4.69) is 16.0 Å². The second-order valence-electron chi connectivity index (χ2n) is 7.34. The van der Waals surface area contributed by atoms with Crippen LogP contribution in [0.3, 0.4) is 0 Å². The third-order valence-corrected chi connectivity index (χ3v) is 4.91. The summed E-state index contributed by atoms with van der Waals surface area (Å²) in [5.74, 6) is -1.74. The van der Waals surface area contributed by atoms with Gasteiger partial charge in [-0.15, -0.1) is 0 Å². The fourth-order valence-electron chi connectivity index (χ4n) is 3.21. The van der Waals surface area contributed by atoms with Gasteiger partial charge in [-0.1, -0.05) is 18.2 Å². The molecule has 1 saturated heterocycles. The average molecular weight is 458 g/mol. The van der Waals surface area contributed by atoms with E-state index in [1.807, 2.05) is 0 Å². The number of carbonyl (C=O) groups is 4. The first-order chi connectivity index (χ1) is 15.7. The van der Waals surface area contributed by atoms with Gasteiger partial charge in [0, 0.05) is 18.5 Å². The van der Waals surface area contributed by atoms with Crippen LogP contribution in [0.15, 0.2) is 48.5 Å². The van der Waals surface area contributed by atoms with Crippen molar-refractivity contribution in [2.75, 3.05) is 37.5 Å². The number of anilines is 2. The number of benzene rings is 2. The molecule has 1 atom stereocenters. The monoisotopic (exact) mass is 458 g/mol. The number of amides is 5. The molecule has 174 valence electrons. The van der Waals surface area contributed by atoms with E-state index in [1.54, 1.807) is 18.2 Å². The van der Waals surface area contributed by atoms with Crippen molar-refractivity contribution in [3.8, 4) is 0 Å². The lowest BCUT2D eigenvalue weighted by Gasteiger charge is -2.22. The second-order valence-corrected chi connectivity index (χ2v) is 7.34. The van der Waals surface area contributed by atoms with Crippen LogP contribution in [0.1, 0.15) is 12.5 Å². The Morgan fingerprint density at radius 2 is 1.73 bits per heavy atom. The molecule has 5 amide bonds. The molecule has 1 aliphatic rings. The van der Waals surface area contributed by atoms with Gasteiger partial charge in [0.2, 0.25) is 5.91 Å². The van der Waals surface area contributed by atoms with Crippen molar-refractivity contribution >= 4 is 35.3 Å². The molecule has 11 heteroatoms. The third kappa shape index (κ3) is 5.63. The average Bonchev–Trinajstić information content (AvgIpc) is 2.98. The summed E-state index contributed by atoms with van der Waals surface area (Å²) >= 11 is 0. The number of rotatable bonds is 8. The Morgan fingerprint density at radius 1 is 1.06 bits per heavy atom. The molecule has 1 aliphatic heterocycles. The molecule has 3 rings (SSSR count). The molecule has 0 aliphatic carbocycles. The van der Waals surface area contributed by atoms with Gasteiger partial charge < -0.3 is 20.1 Å². The molecule has 0 radical (unpaired) electrons. The van der Waals surface area contributed by atoms with Crippen LogP contribution in [-0.4, -0.2) is 55.7 Å². The number of ether oxygens (including phenoxy) is 2. The number of carbonyl (C=O) groups excluding carboxylic acids is 4. The van der Waals surface area contributed by atoms with E-state index in [4.69, 9.17) is 9.47 Å². The molecule has 10 nitrogen and oxygen atoms in total. The summed E-state index contributed by atoms with van der Waals surface area (Å²) in [6.45, 7) is 1.30. The largest absolute Gasteiger partial charge is 0.447 e. The van der Waals surface area contributed by atoms with Gasteiger partial charge in [0.15, 0.2) is 0 Å². The molecular weight excluding hydrogens is 435 g/mol. The van der Waals surface area contributed by atoms with E-state index < -0.39 is 41.8 Å². The molecule has 1 unspecified atom stereocenters. The summed E-state index contributed by atoms with van der Waals surface area (Å²) < 4.78 is 22.9. The van der Waals surface area contributed by atoms with Gasteiger partial charge in [-0.2, -0.15) is 0 Å². The zero-order valence-electron chi connectivity index (χ0n) is 18.0. The summed E-state index contributed by atoms with van der Waals surface area (Å²) in [5.41, 5.74) is -0.323. The minimum Gasteiger partial charge on any atom is -0.447 e. The highest BCUT2D eigenvalue weighted by molar-refractivity contribution is 6.10. The van der Waals surface area contributed by atoms with E-state index >= 15 is 0 Å². The second kappa shape index (κ2) is 10.1. The minimum atomic E-state index is -1.42. The fraction of sp³-hybridized carbons (Fsp3) is 0.273. The smallest absolute Gasteiger partial charge is 0.411 e. The Kier molecular flexibility index (Phi) is 7.23. The third-order valence-electron chi connectivity index (χ3n) is 4.91. The topological polar surface area (TPSA) is 126 Å². The number of nitrogens with zero attached hydrogens (tertiary/aromatic N) is 1. The van der Waals surface area contributed by atoms with E-state index in [0.29, 0.717) is 16.9 Å². The Bertz CT molecular complexity index is 1060. The molecule has 3 N–H and O–H groups in total. The molecule has 0 aromatic heterocycles. The van der Waals surface area contributed by atoms with Crippen LogP contribution >= 0.6 is 0 Å². The maximum absolute atomic E-state index is 13.2. The molecule has 2 aromatic carbocycles. The first-order valence-corrected chi connectivity index (χ1v) is 9.95. The van der Waals surface area contributed by atoms with Crippen molar-refractivity contribution in [1.29, 1.82) is 0 Å². The molecule has 0 bridgehead atoms. The number of hydrogen-bond acceptors (Lipinski definition) is 6. The summed E-state index contributed by atoms with van der Waals surface area (Å²) in [7, 11) is 1.48. The van der Waals surface area contributed by atoms with E-state index in [0.717, 1.165) is 4.90 Å². The zero-order chi connectivity index (χ0) is 24.0. The van der Waals surface area contributed by atoms with Gasteiger partial charge in [-0.05, 0) is 42.8 Å². The van der Waals surface area contributed by atoms with Crippen molar-refractivity contribution in [1.82, 2.24) is 10.2 Å². The molecule has 1 fully saturated rings. The summed E-state index contributed by atoms with van der Waals surface area (Å²) in [6, 6.07) is 10.7. The van der Waals surface area contributed by atoms with Gasteiger partial charge >= 0.3 is 12.1 Å². The van der Waals surface area contributed by atoms with Crippen molar-refractivity contribution in [2.45, 2.75) is 12.5 Å². The lowest BCUT2D eigenvalue weighted by Crippen LogP contribution is -2.42. The fourth-order valence-corrected chi connectivity index (χ4v) is 3.21. The maximum Gasteiger partial charge on any atom is 0.411 e. The highest BCUT2D eigenvalue weighted by Crippen LogP contribution is 2.29. The van der Waals surface area contributed by atoms with Gasteiger partial charge in [-0.3, -0.25) is 19.8 Å². The molecular formula is C22H23FN4O6. The summed E-state index contributed by atoms with van der Waals surface area (Å²) in [5, 5.41) is 7.64. The van der Waals surface area contributed by atoms with Crippen LogP contribution < -0.4 is 16.0 Å². The number of urea groups is 1. The highest BCUT2D eigenvalue weighted by Gasteiger charge is 2.49. The number of methoxy groups -OCH3 is 1. The standard InChI is InChI=1S/C22H23FN4O6/c1-22(14-6-8-15(23)9-7-14)19(29)27(20(30)26-22)13-18(28)24-16-4-3-5-17(12-16)25-21(31)33-11-10-32-2/h3-9,12H,10-11,13H2,1-2H3,(H,24,28)(H,25,31)(H,26,30). The van der Waals surface area contributed by atoms with Crippen molar-refractivity contribution in [2.24, 2.45) is 0 Å². The van der Waals surface area contributed by atoms with Crippen LogP contribution in [0, 0.1) is 5.82 Å². The van der Waals surface area contributed by atoms with Gasteiger partial charge in [0.25, 0.3) is 5.91 Å². The van der Waals surface area contributed by atoms with Gasteiger partial charge in [-0.25, -0.2) is 14.0 Å². The quantitative estimate of drug-likeness (QED) is 0.412. The Labute approximate surface area is 189 Å². The van der Waals surface area contributed by atoms with E-state index in [9.17, 15) is 23.6 Å². The van der Waals surface area contributed by atoms with Crippen molar-refractivity contribution in [3.05, 3.63) is 59.9 Å². The molecule has 0 saturated carbocycles. The minimum absolute atomic E-state index is 0.0849. The van der Waals surface area contributed by atoms with Gasteiger partial charge in [0.1, 0.15) is 24.5 Å². The zero-order valence-corrected chi connectivity index (χ0v) is 18.0. The number of halogens is 1. The van der Waals surface area contributed by atoms with E-state index in [-0.39, 0.29) is 13.2 Å². The van der Waals surface area contributed by atoms with Crippen molar-refractivity contribution in [3.63, 3.8) is 0 Å². The first kappa shape index (κ1) is 23.7. The van der Waals surface area contributed by atoms with Crippen LogP contribution in [0.4, 0.5) is 25.4 Å². The number of hydrogen-bond donors (Lipinski definition) is 3. The van der Waals surface area contributed by atoms with Crippen LogP contribution in [0.2, 0.25) is 0 Å².